The van der Waals surface area contributed by atoms with Crippen molar-refractivity contribution < 1.29 is 18.4 Å². The second-order valence-electron chi connectivity index (χ2n) is 10.7. The van der Waals surface area contributed by atoms with Crippen LogP contribution in [-0.2, 0) is 21.4 Å². The fourth-order valence-electron chi connectivity index (χ4n) is 5.22. The summed E-state index contributed by atoms with van der Waals surface area (Å²) in [6, 6.07) is 21.5. The highest BCUT2D eigenvalue weighted by molar-refractivity contribution is 6.31. The van der Waals surface area contributed by atoms with E-state index in [2.05, 4.69) is 53.8 Å². The third kappa shape index (κ3) is 6.07. The molecule has 1 aliphatic rings. The smallest absolute Gasteiger partial charge is 0.306 e. The van der Waals surface area contributed by atoms with E-state index in [1.54, 1.807) is 12.1 Å². The Balaban J connectivity index is 1.26. The van der Waals surface area contributed by atoms with E-state index in [0.717, 1.165) is 40.9 Å². The lowest BCUT2D eigenvalue weighted by molar-refractivity contribution is -0.143. The quantitative estimate of drug-likeness (QED) is 0.186. The number of nitrogens with zero attached hydrogens (tertiary/aromatic N) is 1. The minimum Gasteiger partial charge on any atom is -0.466 e. The van der Waals surface area contributed by atoms with E-state index in [9.17, 15) is 9.18 Å². The SMILES string of the molecule is CCOC(=O)CC1(c2ccc(-c3ccc(-c4onc(C)c4NC(C)CCc4c(F)cccc4Cl)cc3)cc2)CC1. The summed E-state index contributed by atoms with van der Waals surface area (Å²) < 4.78 is 25.1. The van der Waals surface area contributed by atoms with Crippen molar-refractivity contribution in [2.45, 2.75) is 64.3 Å². The second kappa shape index (κ2) is 11.8. The molecule has 5 rings (SSSR count). The van der Waals surface area contributed by atoms with Crippen molar-refractivity contribution in [3.8, 4) is 22.5 Å². The Bertz CT molecular complexity index is 1460. The van der Waals surface area contributed by atoms with Crippen LogP contribution in [0, 0.1) is 12.7 Å². The predicted molar refractivity (Wildman–Crippen MR) is 157 cm³/mol. The highest BCUT2D eigenvalue weighted by atomic mass is 35.5. The van der Waals surface area contributed by atoms with Crippen molar-refractivity contribution in [2.24, 2.45) is 0 Å². The van der Waals surface area contributed by atoms with E-state index in [-0.39, 0.29) is 23.2 Å². The first kappa shape index (κ1) is 27.9. The first-order valence-corrected chi connectivity index (χ1v) is 14.2. The molecule has 1 atom stereocenters. The van der Waals surface area contributed by atoms with Crippen LogP contribution in [0.3, 0.4) is 0 Å². The molecular formula is C33H34ClFN2O3. The number of esters is 1. The maximum Gasteiger partial charge on any atom is 0.306 e. The van der Waals surface area contributed by atoms with Crippen LogP contribution < -0.4 is 5.32 Å². The van der Waals surface area contributed by atoms with Gasteiger partial charge in [-0.1, -0.05) is 71.4 Å². The molecule has 1 aromatic heterocycles. The lowest BCUT2D eigenvalue weighted by atomic mass is 9.91. The average Bonchev–Trinajstić information content (AvgIpc) is 3.64. The molecule has 0 spiro atoms. The van der Waals surface area contributed by atoms with Crippen LogP contribution in [0.4, 0.5) is 10.1 Å². The third-order valence-electron chi connectivity index (χ3n) is 7.76. The molecule has 3 aromatic carbocycles. The van der Waals surface area contributed by atoms with E-state index < -0.39 is 0 Å². The van der Waals surface area contributed by atoms with Crippen molar-refractivity contribution in [1.82, 2.24) is 5.16 Å². The number of halogens is 2. The van der Waals surface area contributed by atoms with E-state index in [1.165, 1.54) is 11.6 Å². The van der Waals surface area contributed by atoms with Gasteiger partial charge in [-0.3, -0.25) is 4.79 Å². The molecule has 40 heavy (non-hydrogen) atoms. The zero-order valence-corrected chi connectivity index (χ0v) is 23.9. The zero-order chi connectivity index (χ0) is 28.3. The van der Waals surface area contributed by atoms with Crippen molar-refractivity contribution >= 4 is 23.3 Å². The number of carbonyl (C=O) groups is 1. The Labute approximate surface area is 239 Å². The number of benzene rings is 3. The maximum atomic E-state index is 14.2. The van der Waals surface area contributed by atoms with Gasteiger partial charge in [-0.05, 0) is 75.3 Å². The Morgan fingerprint density at radius 2 is 1.73 bits per heavy atom. The lowest BCUT2D eigenvalue weighted by Gasteiger charge is -2.16. The van der Waals surface area contributed by atoms with Gasteiger partial charge in [-0.15, -0.1) is 0 Å². The number of aryl methyl sites for hydroxylation is 1. The average molecular weight is 561 g/mol. The molecule has 1 fully saturated rings. The Kier molecular flexibility index (Phi) is 8.27. The van der Waals surface area contributed by atoms with Gasteiger partial charge < -0.3 is 14.6 Å². The summed E-state index contributed by atoms with van der Waals surface area (Å²) in [5, 5.41) is 8.15. The van der Waals surface area contributed by atoms with Crippen LogP contribution in [0.25, 0.3) is 22.5 Å². The van der Waals surface area contributed by atoms with Gasteiger partial charge >= 0.3 is 5.97 Å². The van der Waals surface area contributed by atoms with Crippen molar-refractivity contribution in [3.05, 3.63) is 94.4 Å². The summed E-state index contributed by atoms with van der Waals surface area (Å²) in [6.07, 6.45) is 3.69. The number of anilines is 1. The predicted octanol–water partition coefficient (Wildman–Crippen LogP) is 8.53. The second-order valence-corrected chi connectivity index (χ2v) is 11.1. The summed E-state index contributed by atoms with van der Waals surface area (Å²) in [4.78, 5) is 12.1. The standard InChI is InChI=1S/C33H34ClFN2O3/c1-4-39-30(38)20-33(18-19-33)26-15-13-24(14-16-26)23-9-11-25(12-10-23)32-31(22(3)37-40-32)36-21(2)8-17-27-28(34)6-5-7-29(27)35/h5-7,9-16,21,36H,4,8,17-20H2,1-3H3. The number of hydrogen-bond acceptors (Lipinski definition) is 5. The van der Waals surface area contributed by atoms with Gasteiger partial charge in [0.15, 0.2) is 5.76 Å². The summed E-state index contributed by atoms with van der Waals surface area (Å²) in [7, 11) is 0. The number of ether oxygens (including phenoxy) is 1. The van der Waals surface area contributed by atoms with Crippen LogP contribution in [-0.4, -0.2) is 23.8 Å². The number of aromatic nitrogens is 1. The van der Waals surface area contributed by atoms with E-state index in [1.807, 2.05) is 26.0 Å². The molecule has 0 aliphatic heterocycles. The fraction of sp³-hybridized carbons (Fsp3) is 0.333. The van der Waals surface area contributed by atoms with Gasteiger partial charge in [0.05, 0.1) is 13.0 Å². The molecule has 1 aliphatic carbocycles. The lowest BCUT2D eigenvalue weighted by Crippen LogP contribution is -2.17. The summed E-state index contributed by atoms with van der Waals surface area (Å²) in [5.74, 6) is 0.268. The molecule has 208 valence electrons. The molecule has 0 radical (unpaired) electrons. The molecule has 7 heteroatoms. The van der Waals surface area contributed by atoms with Gasteiger partial charge in [-0.2, -0.15) is 0 Å². The number of rotatable bonds is 11. The van der Waals surface area contributed by atoms with Crippen LogP contribution in [0.15, 0.2) is 71.3 Å². The monoisotopic (exact) mass is 560 g/mol. The first-order chi connectivity index (χ1) is 19.3. The normalized spacial score (nSPS) is 14.5. The molecule has 1 heterocycles. The molecule has 4 aromatic rings. The van der Waals surface area contributed by atoms with Crippen molar-refractivity contribution in [3.63, 3.8) is 0 Å². The zero-order valence-electron chi connectivity index (χ0n) is 23.1. The molecule has 0 bridgehead atoms. The van der Waals surface area contributed by atoms with Gasteiger partial charge in [0.1, 0.15) is 17.2 Å². The first-order valence-electron chi connectivity index (χ1n) is 13.8. The highest BCUT2D eigenvalue weighted by Gasteiger charge is 2.46. The largest absolute Gasteiger partial charge is 0.466 e. The maximum absolute atomic E-state index is 14.2. The number of hydrogen-bond donors (Lipinski definition) is 1. The molecular weight excluding hydrogens is 527 g/mol. The molecule has 1 saturated carbocycles. The van der Waals surface area contributed by atoms with Crippen molar-refractivity contribution in [2.75, 3.05) is 11.9 Å². The summed E-state index contributed by atoms with van der Waals surface area (Å²) in [5.41, 5.74) is 6.37. The van der Waals surface area contributed by atoms with Crippen LogP contribution in [0.2, 0.25) is 5.02 Å². The summed E-state index contributed by atoms with van der Waals surface area (Å²) >= 11 is 6.20. The minimum atomic E-state index is -0.278. The Morgan fingerprint density at radius 3 is 2.35 bits per heavy atom. The van der Waals surface area contributed by atoms with E-state index >= 15 is 0 Å². The van der Waals surface area contributed by atoms with Gasteiger partial charge in [0, 0.05) is 27.6 Å². The van der Waals surface area contributed by atoms with E-state index in [0.29, 0.717) is 42.2 Å². The number of carbonyl (C=O) groups excluding carboxylic acids is 1. The summed E-state index contributed by atoms with van der Waals surface area (Å²) in [6.45, 7) is 6.21. The van der Waals surface area contributed by atoms with E-state index in [4.69, 9.17) is 20.9 Å². The Hall–Kier alpha value is -3.64. The number of nitrogens with one attached hydrogen (secondary N) is 1. The molecule has 5 nitrogen and oxygen atoms in total. The van der Waals surface area contributed by atoms with Crippen molar-refractivity contribution in [1.29, 1.82) is 0 Å². The molecule has 0 amide bonds. The highest BCUT2D eigenvalue weighted by Crippen LogP contribution is 2.51. The van der Waals surface area contributed by atoms with Crippen LogP contribution >= 0.6 is 11.6 Å². The van der Waals surface area contributed by atoms with Gasteiger partial charge in [0.2, 0.25) is 0 Å². The molecule has 1 unspecified atom stereocenters. The molecule has 1 N–H and O–H groups in total. The van der Waals surface area contributed by atoms with Gasteiger partial charge in [0.25, 0.3) is 0 Å². The van der Waals surface area contributed by atoms with Gasteiger partial charge in [-0.25, -0.2) is 4.39 Å². The topological polar surface area (TPSA) is 64.4 Å². The van der Waals surface area contributed by atoms with Crippen LogP contribution in [0.5, 0.6) is 0 Å². The minimum absolute atomic E-state index is 0.0453. The Morgan fingerprint density at radius 1 is 1.07 bits per heavy atom. The molecule has 0 saturated heterocycles. The van der Waals surface area contributed by atoms with Crippen LogP contribution in [0.1, 0.15) is 56.4 Å². The fourth-order valence-corrected chi connectivity index (χ4v) is 5.48. The third-order valence-corrected chi connectivity index (χ3v) is 8.12.